The lowest BCUT2D eigenvalue weighted by Gasteiger charge is -2.22. The number of ether oxygens (including phenoxy) is 1. The van der Waals surface area contributed by atoms with E-state index >= 15 is 0 Å². The van der Waals surface area contributed by atoms with Crippen LogP contribution >= 0.6 is 0 Å². The predicted octanol–water partition coefficient (Wildman–Crippen LogP) is 1.07. The molecule has 0 aliphatic carbocycles. The van der Waals surface area contributed by atoms with Gasteiger partial charge in [-0.1, -0.05) is 0 Å². The fourth-order valence-corrected chi connectivity index (χ4v) is 2.49. The van der Waals surface area contributed by atoms with Crippen molar-refractivity contribution in [3.05, 3.63) is 29.6 Å². The molecule has 19 heavy (non-hydrogen) atoms. The number of hydrogen-bond donors (Lipinski definition) is 1. The summed E-state index contributed by atoms with van der Waals surface area (Å²) in [7, 11) is 0. The summed E-state index contributed by atoms with van der Waals surface area (Å²) < 4.78 is 5.13. The van der Waals surface area contributed by atoms with E-state index in [4.69, 9.17) is 10.5 Å². The molecule has 0 spiro atoms. The predicted molar refractivity (Wildman–Crippen MR) is 72.2 cm³/mol. The average Bonchev–Trinajstić information content (AvgIpc) is 2.87. The zero-order chi connectivity index (χ0) is 13.7. The first kappa shape index (κ1) is 14.0. The van der Waals surface area contributed by atoms with Crippen molar-refractivity contribution >= 4 is 5.97 Å². The summed E-state index contributed by atoms with van der Waals surface area (Å²) >= 11 is 0. The topological polar surface area (TPSA) is 68.5 Å². The lowest BCUT2D eigenvalue weighted by Crippen LogP contribution is -2.36. The van der Waals surface area contributed by atoms with Crippen molar-refractivity contribution in [1.82, 2.24) is 9.88 Å². The summed E-state index contributed by atoms with van der Waals surface area (Å²) in [4.78, 5) is 18.2. The maximum atomic E-state index is 11.9. The van der Waals surface area contributed by atoms with Crippen molar-refractivity contribution in [3.63, 3.8) is 0 Å². The first-order chi connectivity index (χ1) is 9.24. The maximum Gasteiger partial charge on any atom is 0.323 e. The molecular formula is C14H21N3O2. The summed E-state index contributed by atoms with van der Waals surface area (Å²) in [6.07, 6.45) is 3.69. The lowest BCUT2D eigenvalue weighted by atomic mass is 10.2. The molecule has 1 aliphatic rings. The standard InChI is InChI=1S/C14H21N3O2/c1-2-19-14(18)13-4-3-7-17(13)10-11-5-6-16-12(8-11)9-15/h5-6,8,13H,2-4,7,9-10,15H2,1H3. The van der Waals surface area contributed by atoms with Gasteiger partial charge >= 0.3 is 5.97 Å². The third-order valence-corrected chi connectivity index (χ3v) is 3.40. The van der Waals surface area contributed by atoms with Crippen LogP contribution in [-0.4, -0.2) is 35.0 Å². The van der Waals surface area contributed by atoms with Crippen LogP contribution in [0.3, 0.4) is 0 Å². The van der Waals surface area contributed by atoms with Crippen molar-refractivity contribution in [2.24, 2.45) is 5.73 Å². The van der Waals surface area contributed by atoms with E-state index in [1.165, 1.54) is 0 Å². The van der Waals surface area contributed by atoms with Crippen LogP contribution in [0, 0.1) is 0 Å². The number of nitrogens with zero attached hydrogens (tertiary/aromatic N) is 2. The van der Waals surface area contributed by atoms with Crippen LogP contribution in [-0.2, 0) is 22.6 Å². The second-order valence-electron chi connectivity index (χ2n) is 4.74. The number of carbonyl (C=O) groups excluding carboxylic acids is 1. The molecule has 2 rings (SSSR count). The molecule has 0 radical (unpaired) electrons. The lowest BCUT2D eigenvalue weighted by molar-refractivity contribution is -0.148. The van der Waals surface area contributed by atoms with Gasteiger partial charge < -0.3 is 10.5 Å². The smallest absolute Gasteiger partial charge is 0.323 e. The summed E-state index contributed by atoms with van der Waals surface area (Å²) in [6, 6.07) is 3.87. The number of nitrogens with two attached hydrogens (primary N) is 1. The molecule has 1 unspecified atom stereocenters. The van der Waals surface area contributed by atoms with E-state index in [-0.39, 0.29) is 12.0 Å². The largest absolute Gasteiger partial charge is 0.465 e. The van der Waals surface area contributed by atoms with Crippen molar-refractivity contribution in [3.8, 4) is 0 Å². The molecule has 0 saturated carbocycles. The molecule has 5 nitrogen and oxygen atoms in total. The minimum Gasteiger partial charge on any atom is -0.465 e. The molecule has 1 aromatic heterocycles. The van der Waals surface area contributed by atoms with E-state index in [0.29, 0.717) is 13.2 Å². The van der Waals surface area contributed by atoms with E-state index in [9.17, 15) is 4.79 Å². The number of likely N-dealkylation sites (tertiary alicyclic amines) is 1. The molecule has 2 N–H and O–H groups in total. The van der Waals surface area contributed by atoms with Crippen LogP contribution in [0.5, 0.6) is 0 Å². The average molecular weight is 263 g/mol. The van der Waals surface area contributed by atoms with E-state index in [2.05, 4.69) is 9.88 Å². The van der Waals surface area contributed by atoms with Crippen LogP contribution in [0.1, 0.15) is 31.0 Å². The molecule has 1 aliphatic heterocycles. The second kappa shape index (κ2) is 6.63. The van der Waals surface area contributed by atoms with Gasteiger partial charge in [-0.25, -0.2) is 0 Å². The summed E-state index contributed by atoms with van der Waals surface area (Å²) in [5.41, 5.74) is 7.62. The number of carbonyl (C=O) groups is 1. The SMILES string of the molecule is CCOC(=O)C1CCCN1Cc1ccnc(CN)c1. The first-order valence-corrected chi connectivity index (χ1v) is 6.79. The molecule has 1 fully saturated rings. The Balaban J connectivity index is 2.02. The highest BCUT2D eigenvalue weighted by atomic mass is 16.5. The van der Waals surface area contributed by atoms with Crippen molar-refractivity contribution in [1.29, 1.82) is 0 Å². The van der Waals surface area contributed by atoms with Crippen molar-refractivity contribution < 1.29 is 9.53 Å². The number of esters is 1. The Morgan fingerprint density at radius 1 is 1.63 bits per heavy atom. The third-order valence-electron chi connectivity index (χ3n) is 3.40. The van der Waals surface area contributed by atoms with Crippen LogP contribution in [0.2, 0.25) is 0 Å². The molecule has 1 atom stereocenters. The van der Waals surface area contributed by atoms with Gasteiger partial charge in [0.15, 0.2) is 0 Å². The number of pyridine rings is 1. The van der Waals surface area contributed by atoms with E-state index in [0.717, 1.165) is 37.2 Å². The zero-order valence-electron chi connectivity index (χ0n) is 11.3. The Labute approximate surface area is 113 Å². The Morgan fingerprint density at radius 2 is 2.47 bits per heavy atom. The summed E-state index contributed by atoms with van der Waals surface area (Å²) in [6.45, 7) is 4.40. The van der Waals surface area contributed by atoms with Gasteiger partial charge in [-0.05, 0) is 44.0 Å². The normalized spacial score (nSPS) is 19.6. The molecule has 1 aromatic rings. The van der Waals surface area contributed by atoms with Gasteiger partial charge in [0.1, 0.15) is 6.04 Å². The molecule has 0 bridgehead atoms. The summed E-state index contributed by atoms with van der Waals surface area (Å²) in [5, 5.41) is 0. The van der Waals surface area contributed by atoms with E-state index in [1.807, 2.05) is 19.1 Å². The van der Waals surface area contributed by atoms with Gasteiger partial charge in [0.2, 0.25) is 0 Å². The molecule has 0 aromatic carbocycles. The van der Waals surface area contributed by atoms with Crippen molar-refractivity contribution in [2.75, 3.05) is 13.2 Å². The molecule has 5 heteroatoms. The fourth-order valence-electron chi connectivity index (χ4n) is 2.49. The Hall–Kier alpha value is -1.46. The van der Waals surface area contributed by atoms with Gasteiger partial charge in [-0.2, -0.15) is 0 Å². The second-order valence-corrected chi connectivity index (χ2v) is 4.74. The number of aromatic nitrogens is 1. The third kappa shape index (κ3) is 3.52. The Bertz CT molecular complexity index is 436. The van der Waals surface area contributed by atoms with Crippen LogP contribution < -0.4 is 5.73 Å². The molecule has 1 saturated heterocycles. The molecule has 104 valence electrons. The van der Waals surface area contributed by atoms with Crippen molar-refractivity contribution in [2.45, 2.75) is 38.9 Å². The highest BCUT2D eigenvalue weighted by Crippen LogP contribution is 2.21. The minimum absolute atomic E-state index is 0.102. The Morgan fingerprint density at radius 3 is 3.21 bits per heavy atom. The van der Waals surface area contributed by atoms with Gasteiger partial charge in [0, 0.05) is 19.3 Å². The van der Waals surface area contributed by atoms with E-state index in [1.54, 1.807) is 6.20 Å². The number of hydrogen-bond acceptors (Lipinski definition) is 5. The monoisotopic (exact) mass is 263 g/mol. The maximum absolute atomic E-state index is 11.9. The molecular weight excluding hydrogens is 242 g/mol. The highest BCUT2D eigenvalue weighted by molar-refractivity contribution is 5.76. The van der Waals surface area contributed by atoms with Crippen LogP contribution in [0.4, 0.5) is 0 Å². The minimum atomic E-state index is -0.104. The van der Waals surface area contributed by atoms with Gasteiger partial charge in [0.25, 0.3) is 0 Å². The van der Waals surface area contributed by atoms with Gasteiger partial charge in [-0.3, -0.25) is 14.7 Å². The first-order valence-electron chi connectivity index (χ1n) is 6.79. The zero-order valence-corrected chi connectivity index (χ0v) is 11.3. The van der Waals surface area contributed by atoms with E-state index < -0.39 is 0 Å². The van der Waals surface area contributed by atoms with Crippen LogP contribution in [0.15, 0.2) is 18.3 Å². The quantitative estimate of drug-likeness (QED) is 0.805. The van der Waals surface area contributed by atoms with Crippen LogP contribution in [0.25, 0.3) is 0 Å². The van der Waals surface area contributed by atoms with Gasteiger partial charge in [-0.15, -0.1) is 0 Å². The Kier molecular flexibility index (Phi) is 4.87. The molecule has 2 heterocycles. The highest BCUT2D eigenvalue weighted by Gasteiger charge is 2.31. The number of rotatable bonds is 5. The fraction of sp³-hybridized carbons (Fsp3) is 0.571. The molecule has 0 amide bonds. The summed E-state index contributed by atoms with van der Waals surface area (Å²) in [5.74, 6) is -0.104. The van der Waals surface area contributed by atoms with Gasteiger partial charge in [0.05, 0.1) is 12.3 Å².